The molecule has 7 heteroatoms. The average Bonchev–Trinajstić information content (AvgIpc) is 2.67. The van der Waals surface area contributed by atoms with E-state index in [1.807, 2.05) is 19.1 Å². The third-order valence-electron chi connectivity index (χ3n) is 4.43. The summed E-state index contributed by atoms with van der Waals surface area (Å²) in [7, 11) is 0. The number of anilines is 1. The van der Waals surface area contributed by atoms with E-state index in [1.54, 1.807) is 18.2 Å². The SMILES string of the molecule is CC(C)Cc1ccc(C(C)C(=O)NCCNC(=O)Nc2c(Cl)cccc2Cl)cc1. The van der Waals surface area contributed by atoms with Gasteiger partial charge in [-0.1, -0.05) is 67.4 Å². The van der Waals surface area contributed by atoms with Crippen molar-refractivity contribution in [2.24, 2.45) is 5.92 Å². The van der Waals surface area contributed by atoms with Crippen LogP contribution in [0.25, 0.3) is 0 Å². The minimum absolute atomic E-state index is 0.0852. The van der Waals surface area contributed by atoms with Crippen molar-refractivity contribution in [2.45, 2.75) is 33.1 Å². The molecular formula is C22H27Cl2N3O2. The summed E-state index contributed by atoms with van der Waals surface area (Å²) in [6.07, 6.45) is 1.02. The highest BCUT2D eigenvalue weighted by molar-refractivity contribution is 6.39. The van der Waals surface area contributed by atoms with E-state index < -0.39 is 6.03 Å². The van der Waals surface area contributed by atoms with Crippen LogP contribution in [0.4, 0.5) is 10.5 Å². The summed E-state index contributed by atoms with van der Waals surface area (Å²) >= 11 is 12.0. The molecule has 2 rings (SSSR count). The molecule has 2 aromatic carbocycles. The summed E-state index contributed by atoms with van der Waals surface area (Å²) < 4.78 is 0. The predicted molar refractivity (Wildman–Crippen MR) is 120 cm³/mol. The normalized spacial score (nSPS) is 11.8. The van der Waals surface area contributed by atoms with Crippen LogP contribution >= 0.6 is 23.2 Å². The van der Waals surface area contributed by atoms with Gasteiger partial charge in [-0.3, -0.25) is 4.79 Å². The number of hydrogen-bond acceptors (Lipinski definition) is 2. The fourth-order valence-corrected chi connectivity index (χ4v) is 3.35. The molecule has 0 saturated carbocycles. The molecule has 0 radical (unpaired) electrons. The molecule has 3 N–H and O–H groups in total. The number of urea groups is 1. The molecule has 3 amide bonds. The fourth-order valence-electron chi connectivity index (χ4n) is 2.85. The molecule has 2 aromatic rings. The molecular weight excluding hydrogens is 409 g/mol. The number of amides is 3. The zero-order chi connectivity index (χ0) is 21.4. The summed E-state index contributed by atoms with van der Waals surface area (Å²) in [6.45, 7) is 6.83. The van der Waals surface area contributed by atoms with Gasteiger partial charge in [0, 0.05) is 13.1 Å². The molecule has 0 spiro atoms. The Bertz CT molecular complexity index is 818. The minimum Gasteiger partial charge on any atom is -0.354 e. The maximum absolute atomic E-state index is 12.4. The Balaban J connectivity index is 1.75. The van der Waals surface area contributed by atoms with Gasteiger partial charge >= 0.3 is 6.03 Å². The number of rotatable bonds is 8. The van der Waals surface area contributed by atoms with E-state index in [2.05, 4.69) is 41.9 Å². The Labute approximate surface area is 182 Å². The largest absolute Gasteiger partial charge is 0.354 e. The Morgan fingerprint density at radius 1 is 0.897 bits per heavy atom. The van der Waals surface area contributed by atoms with E-state index in [9.17, 15) is 9.59 Å². The number of carbonyl (C=O) groups is 2. The second-order valence-corrected chi connectivity index (χ2v) is 8.14. The number of hydrogen-bond donors (Lipinski definition) is 3. The highest BCUT2D eigenvalue weighted by Gasteiger charge is 2.15. The van der Waals surface area contributed by atoms with E-state index in [0.29, 0.717) is 28.2 Å². The Hall–Kier alpha value is -2.24. The van der Waals surface area contributed by atoms with Crippen LogP contribution in [0.3, 0.4) is 0 Å². The monoisotopic (exact) mass is 435 g/mol. The molecule has 0 aromatic heterocycles. The lowest BCUT2D eigenvalue weighted by molar-refractivity contribution is -0.122. The van der Waals surface area contributed by atoms with Gasteiger partial charge in [-0.2, -0.15) is 0 Å². The predicted octanol–water partition coefficient (Wildman–Crippen LogP) is 5.23. The maximum Gasteiger partial charge on any atom is 0.319 e. The minimum atomic E-state index is -0.442. The first-order valence-corrected chi connectivity index (χ1v) is 10.4. The molecule has 0 saturated heterocycles. The third kappa shape index (κ3) is 7.26. The average molecular weight is 436 g/mol. The molecule has 29 heavy (non-hydrogen) atoms. The van der Waals surface area contributed by atoms with Gasteiger partial charge in [0.05, 0.1) is 21.7 Å². The summed E-state index contributed by atoms with van der Waals surface area (Å²) in [5.41, 5.74) is 2.59. The number of benzene rings is 2. The lowest BCUT2D eigenvalue weighted by Gasteiger charge is -2.14. The molecule has 5 nitrogen and oxygen atoms in total. The summed E-state index contributed by atoms with van der Waals surface area (Å²) in [5, 5.41) is 8.82. The molecule has 0 aliphatic carbocycles. The Morgan fingerprint density at radius 3 is 2.07 bits per heavy atom. The van der Waals surface area contributed by atoms with Gasteiger partial charge in [0.25, 0.3) is 0 Å². The maximum atomic E-state index is 12.4. The Kier molecular flexibility index (Phi) is 8.80. The van der Waals surface area contributed by atoms with Gasteiger partial charge in [0.1, 0.15) is 0 Å². The third-order valence-corrected chi connectivity index (χ3v) is 5.06. The zero-order valence-electron chi connectivity index (χ0n) is 16.9. The summed E-state index contributed by atoms with van der Waals surface area (Å²) in [5.74, 6) is 0.247. The van der Waals surface area contributed by atoms with Crippen LogP contribution in [0.15, 0.2) is 42.5 Å². The smallest absolute Gasteiger partial charge is 0.319 e. The molecule has 0 bridgehead atoms. The van der Waals surface area contributed by atoms with Gasteiger partial charge < -0.3 is 16.0 Å². The first kappa shape index (κ1) is 23.0. The standard InChI is InChI=1S/C22H27Cl2N3O2/c1-14(2)13-16-7-9-17(10-8-16)15(3)21(28)25-11-12-26-22(29)27-20-18(23)5-4-6-19(20)24/h4-10,14-15H,11-13H2,1-3H3,(H,25,28)(H2,26,27,29). The van der Waals surface area contributed by atoms with Crippen LogP contribution < -0.4 is 16.0 Å². The lowest BCUT2D eigenvalue weighted by Crippen LogP contribution is -2.38. The molecule has 156 valence electrons. The molecule has 0 heterocycles. The van der Waals surface area contributed by atoms with E-state index in [0.717, 1.165) is 12.0 Å². The van der Waals surface area contributed by atoms with Crippen molar-refractivity contribution in [3.8, 4) is 0 Å². The van der Waals surface area contributed by atoms with Crippen LogP contribution in [0.2, 0.25) is 10.0 Å². The zero-order valence-corrected chi connectivity index (χ0v) is 18.4. The molecule has 0 fully saturated rings. The number of carbonyl (C=O) groups excluding carboxylic acids is 2. The van der Waals surface area contributed by atoms with E-state index >= 15 is 0 Å². The highest BCUT2D eigenvalue weighted by Crippen LogP contribution is 2.29. The van der Waals surface area contributed by atoms with Gasteiger partial charge in [-0.25, -0.2) is 4.79 Å². The van der Waals surface area contributed by atoms with Gasteiger partial charge in [-0.05, 0) is 42.5 Å². The van der Waals surface area contributed by atoms with Crippen molar-refractivity contribution in [3.63, 3.8) is 0 Å². The van der Waals surface area contributed by atoms with Crippen LogP contribution in [-0.4, -0.2) is 25.0 Å². The van der Waals surface area contributed by atoms with Crippen molar-refractivity contribution in [2.75, 3.05) is 18.4 Å². The first-order chi connectivity index (χ1) is 13.8. The van der Waals surface area contributed by atoms with Crippen LogP contribution in [0, 0.1) is 5.92 Å². The van der Waals surface area contributed by atoms with Crippen LogP contribution in [0.1, 0.15) is 37.8 Å². The van der Waals surface area contributed by atoms with Crippen molar-refractivity contribution in [1.29, 1.82) is 0 Å². The van der Waals surface area contributed by atoms with E-state index in [1.165, 1.54) is 5.56 Å². The summed E-state index contributed by atoms with van der Waals surface area (Å²) in [4.78, 5) is 24.3. The number of para-hydroxylation sites is 1. The van der Waals surface area contributed by atoms with Crippen LogP contribution in [0.5, 0.6) is 0 Å². The quantitative estimate of drug-likeness (QED) is 0.496. The van der Waals surface area contributed by atoms with Crippen molar-refractivity contribution in [1.82, 2.24) is 10.6 Å². The van der Waals surface area contributed by atoms with E-state index in [-0.39, 0.29) is 18.4 Å². The fraction of sp³-hybridized carbons (Fsp3) is 0.364. The van der Waals surface area contributed by atoms with Gasteiger partial charge in [0.15, 0.2) is 0 Å². The van der Waals surface area contributed by atoms with Crippen molar-refractivity contribution in [3.05, 3.63) is 63.6 Å². The second kappa shape index (κ2) is 11.1. The first-order valence-electron chi connectivity index (χ1n) is 9.63. The van der Waals surface area contributed by atoms with Crippen molar-refractivity contribution >= 4 is 40.8 Å². The van der Waals surface area contributed by atoms with Gasteiger partial charge in [0.2, 0.25) is 5.91 Å². The van der Waals surface area contributed by atoms with Crippen molar-refractivity contribution < 1.29 is 9.59 Å². The highest BCUT2D eigenvalue weighted by atomic mass is 35.5. The number of nitrogens with one attached hydrogen (secondary N) is 3. The topological polar surface area (TPSA) is 70.2 Å². The Morgan fingerprint density at radius 2 is 1.48 bits per heavy atom. The van der Waals surface area contributed by atoms with Gasteiger partial charge in [-0.15, -0.1) is 0 Å². The molecule has 1 atom stereocenters. The molecule has 1 unspecified atom stereocenters. The molecule has 0 aliphatic heterocycles. The van der Waals surface area contributed by atoms with E-state index in [4.69, 9.17) is 23.2 Å². The van der Waals surface area contributed by atoms with Crippen LogP contribution in [-0.2, 0) is 11.2 Å². The summed E-state index contributed by atoms with van der Waals surface area (Å²) in [6, 6.07) is 12.7. The second-order valence-electron chi connectivity index (χ2n) is 7.33. The number of halogens is 2. The lowest BCUT2D eigenvalue weighted by atomic mass is 9.96. The molecule has 0 aliphatic rings.